The predicted octanol–water partition coefficient (Wildman–Crippen LogP) is 3.90. The van der Waals surface area contributed by atoms with Gasteiger partial charge in [0.2, 0.25) is 5.24 Å². The van der Waals surface area contributed by atoms with Crippen molar-refractivity contribution in [2.45, 2.75) is 38.0 Å². The number of carbonyl (C=O) groups is 1. The Morgan fingerprint density at radius 3 is 2.31 bits per heavy atom. The summed E-state index contributed by atoms with van der Waals surface area (Å²) >= 11 is 5.86. The van der Waals surface area contributed by atoms with Crippen molar-refractivity contribution in [1.82, 2.24) is 0 Å². The molecule has 0 saturated heterocycles. The average Bonchev–Trinajstić information content (AvgIpc) is 2.82. The summed E-state index contributed by atoms with van der Waals surface area (Å²) in [4.78, 5) is 11.8. The van der Waals surface area contributed by atoms with Crippen LogP contribution in [-0.2, 0) is 10.2 Å². The van der Waals surface area contributed by atoms with Gasteiger partial charge in [-0.3, -0.25) is 4.79 Å². The molecule has 0 N–H and O–H groups in total. The maximum atomic E-state index is 11.8. The van der Waals surface area contributed by atoms with Crippen molar-refractivity contribution in [3.05, 3.63) is 35.9 Å². The van der Waals surface area contributed by atoms with E-state index in [0.29, 0.717) is 5.92 Å². The monoisotopic (exact) mass is 236 g/mol. The number of halogens is 1. The van der Waals surface area contributed by atoms with Crippen molar-refractivity contribution in [2.24, 2.45) is 5.92 Å². The highest BCUT2D eigenvalue weighted by molar-refractivity contribution is 6.65. The molecule has 0 aromatic heterocycles. The second-order valence-corrected chi connectivity index (χ2v) is 5.17. The topological polar surface area (TPSA) is 17.1 Å². The van der Waals surface area contributed by atoms with E-state index in [9.17, 15) is 4.79 Å². The lowest BCUT2D eigenvalue weighted by Crippen LogP contribution is -2.36. The van der Waals surface area contributed by atoms with Crippen LogP contribution in [0.4, 0.5) is 0 Å². The molecule has 1 saturated carbocycles. The Labute approximate surface area is 102 Å². The summed E-state index contributed by atoms with van der Waals surface area (Å²) in [6.07, 6.45) is 4.67. The summed E-state index contributed by atoms with van der Waals surface area (Å²) in [5.74, 6) is 0.403. The first-order valence-electron chi connectivity index (χ1n) is 5.91. The van der Waals surface area contributed by atoms with Crippen LogP contribution in [0.15, 0.2) is 30.3 Å². The first-order valence-corrected chi connectivity index (χ1v) is 6.29. The van der Waals surface area contributed by atoms with E-state index in [4.69, 9.17) is 11.6 Å². The molecule has 1 aromatic rings. The van der Waals surface area contributed by atoms with E-state index in [1.807, 2.05) is 37.3 Å². The predicted molar refractivity (Wildman–Crippen MR) is 66.6 cm³/mol. The van der Waals surface area contributed by atoms with E-state index in [-0.39, 0.29) is 5.24 Å². The standard InChI is InChI=1S/C14H17ClO/c1-14(13(15)16,12-9-5-6-10-12)11-7-3-2-4-8-11/h2-4,7-8,12H,5-6,9-10H2,1H3/t14-/m1/s1. The van der Waals surface area contributed by atoms with Crippen molar-refractivity contribution < 1.29 is 4.79 Å². The minimum Gasteiger partial charge on any atom is -0.280 e. The maximum Gasteiger partial charge on any atom is 0.232 e. The van der Waals surface area contributed by atoms with Gasteiger partial charge in [0.1, 0.15) is 0 Å². The van der Waals surface area contributed by atoms with Crippen molar-refractivity contribution >= 4 is 16.8 Å². The van der Waals surface area contributed by atoms with E-state index < -0.39 is 5.41 Å². The third kappa shape index (κ3) is 1.89. The number of carbonyl (C=O) groups excluding carboxylic acids is 1. The summed E-state index contributed by atoms with van der Waals surface area (Å²) in [6.45, 7) is 1.99. The Balaban J connectivity index is 2.39. The first-order chi connectivity index (χ1) is 7.65. The highest BCUT2D eigenvalue weighted by Crippen LogP contribution is 2.43. The fraction of sp³-hybridized carbons (Fsp3) is 0.500. The normalized spacial score (nSPS) is 20.6. The molecule has 1 nitrogen and oxygen atoms in total. The second kappa shape index (κ2) is 4.58. The highest BCUT2D eigenvalue weighted by Gasteiger charge is 2.42. The van der Waals surface area contributed by atoms with Gasteiger partial charge in [-0.15, -0.1) is 0 Å². The van der Waals surface area contributed by atoms with Crippen LogP contribution in [0.25, 0.3) is 0 Å². The zero-order valence-corrected chi connectivity index (χ0v) is 10.3. The molecule has 1 fully saturated rings. The molecule has 86 valence electrons. The zero-order valence-electron chi connectivity index (χ0n) is 9.58. The fourth-order valence-corrected chi connectivity index (χ4v) is 3.06. The van der Waals surface area contributed by atoms with Crippen molar-refractivity contribution in [2.75, 3.05) is 0 Å². The zero-order chi connectivity index (χ0) is 11.6. The molecular weight excluding hydrogens is 220 g/mol. The van der Waals surface area contributed by atoms with Gasteiger partial charge in [0, 0.05) is 0 Å². The molecule has 1 aliphatic carbocycles. The lowest BCUT2D eigenvalue weighted by Gasteiger charge is -2.32. The van der Waals surface area contributed by atoms with E-state index in [1.165, 1.54) is 12.8 Å². The Morgan fingerprint density at radius 1 is 1.25 bits per heavy atom. The number of hydrogen-bond donors (Lipinski definition) is 0. The van der Waals surface area contributed by atoms with Crippen LogP contribution in [0.1, 0.15) is 38.2 Å². The van der Waals surface area contributed by atoms with E-state index in [2.05, 4.69) is 0 Å². The van der Waals surface area contributed by atoms with Crippen LogP contribution in [0.5, 0.6) is 0 Å². The van der Waals surface area contributed by atoms with Gasteiger partial charge in [-0.05, 0) is 42.8 Å². The third-order valence-corrected chi connectivity index (χ3v) is 4.35. The summed E-state index contributed by atoms with van der Waals surface area (Å²) in [7, 11) is 0. The van der Waals surface area contributed by atoms with E-state index >= 15 is 0 Å². The second-order valence-electron chi connectivity index (χ2n) is 4.82. The Bertz CT molecular complexity index is 368. The van der Waals surface area contributed by atoms with Gasteiger partial charge in [-0.25, -0.2) is 0 Å². The molecular formula is C14H17ClO. The minimum absolute atomic E-state index is 0.217. The SMILES string of the molecule is C[C@@](C(=O)Cl)(c1ccccc1)C1CCCC1. The molecule has 0 aliphatic heterocycles. The van der Waals surface area contributed by atoms with E-state index in [1.54, 1.807) is 0 Å². The average molecular weight is 237 g/mol. The maximum absolute atomic E-state index is 11.8. The molecule has 0 spiro atoms. The van der Waals surface area contributed by atoms with Gasteiger partial charge in [0.05, 0.1) is 5.41 Å². The number of benzene rings is 1. The smallest absolute Gasteiger partial charge is 0.232 e. The van der Waals surface area contributed by atoms with Crippen molar-refractivity contribution in [3.63, 3.8) is 0 Å². The molecule has 0 amide bonds. The molecule has 0 heterocycles. The van der Waals surface area contributed by atoms with Gasteiger partial charge in [-0.1, -0.05) is 43.2 Å². The summed E-state index contributed by atoms with van der Waals surface area (Å²) in [5.41, 5.74) is 0.557. The van der Waals surface area contributed by atoms with Crippen LogP contribution >= 0.6 is 11.6 Å². The van der Waals surface area contributed by atoms with Crippen LogP contribution in [0.2, 0.25) is 0 Å². The summed E-state index contributed by atoms with van der Waals surface area (Å²) in [5, 5.41) is -0.217. The van der Waals surface area contributed by atoms with Gasteiger partial charge < -0.3 is 0 Å². The van der Waals surface area contributed by atoms with Gasteiger partial charge >= 0.3 is 0 Å². The molecule has 1 aliphatic rings. The van der Waals surface area contributed by atoms with Crippen LogP contribution in [0, 0.1) is 5.92 Å². The van der Waals surface area contributed by atoms with Crippen LogP contribution in [0.3, 0.4) is 0 Å². The lowest BCUT2D eigenvalue weighted by molar-refractivity contribution is -0.118. The van der Waals surface area contributed by atoms with E-state index in [0.717, 1.165) is 18.4 Å². The molecule has 1 atom stereocenters. The molecule has 0 bridgehead atoms. The van der Waals surface area contributed by atoms with Gasteiger partial charge in [0.25, 0.3) is 0 Å². The molecule has 0 unspecified atom stereocenters. The van der Waals surface area contributed by atoms with Gasteiger partial charge in [-0.2, -0.15) is 0 Å². The van der Waals surface area contributed by atoms with Crippen LogP contribution < -0.4 is 0 Å². The Hall–Kier alpha value is -0.820. The van der Waals surface area contributed by atoms with Crippen molar-refractivity contribution in [1.29, 1.82) is 0 Å². The minimum atomic E-state index is -0.501. The van der Waals surface area contributed by atoms with Crippen molar-refractivity contribution in [3.8, 4) is 0 Å². The molecule has 2 rings (SSSR count). The largest absolute Gasteiger partial charge is 0.280 e. The summed E-state index contributed by atoms with van der Waals surface area (Å²) in [6, 6.07) is 9.94. The molecule has 2 heteroatoms. The molecule has 0 radical (unpaired) electrons. The Morgan fingerprint density at radius 2 is 1.81 bits per heavy atom. The molecule has 1 aromatic carbocycles. The molecule has 16 heavy (non-hydrogen) atoms. The quantitative estimate of drug-likeness (QED) is 0.728. The lowest BCUT2D eigenvalue weighted by atomic mass is 9.72. The first kappa shape index (κ1) is 11.7. The fourth-order valence-electron chi connectivity index (χ4n) is 2.80. The number of hydrogen-bond acceptors (Lipinski definition) is 1. The highest BCUT2D eigenvalue weighted by atomic mass is 35.5. The third-order valence-electron chi connectivity index (χ3n) is 3.95. The summed E-state index contributed by atoms with van der Waals surface area (Å²) < 4.78 is 0. The van der Waals surface area contributed by atoms with Gasteiger partial charge in [0.15, 0.2) is 0 Å². The number of rotatable bonds is 3. The Kier molecular flexibility index (Phi) is 3.34. The van der Waals surface area contributed by atoms with Crippen LogP contribution in [-0.4, -0.2) is 5.24 Å².